The fourth-order valence-corrected chi connectivity index (χ4v) is 18.7. The molecule has 1 radical (unpaired) electrons. The summed E-state index contributed by atoms with van der Waals surface area (Å²) in [5.41, 5.74) is 2.90. The van der Waals surface area contributed by atoms with Crippen LogP contribution in [0, 0.1) is 12.2 Å². The van der Waals surface area contributed by atoms with Gasteiger partial charge in [0.25, 0.3) is 22.2 Å². The summed E-state index contributed by atoms with van der Waals surface area (Å²) in [7, 11) is -4.18. The first kappa shape index (κ1) is 46.1. The second-order valence-electron chi connectivity index (χ2n) is 17.3. The predicted molar refractivity (Wildman–Crippen MR) is 280 cm³/mol. The molecule has 0 saturated heterocycles. The quantitative estimate of drug-likeness (QED) is 0.0943. The molecule has 0 amide bonds. The third-order valence-electron chi connectivity index (χ3n) is 13.4. The van der Waals surface area contributed by atoms with Crippen LogP contribution >= 0.6 is 15.8 Å². The van der Waals surface area contributed by atoms with Crippen LogP contribution < -0.4 is 32.8 Å². The van der Waals surface area contributed by atoms with E-state index in [1.165, 1.54) is 0 Å². The molecule has 2 aliphatic heterocycles. The van der Waals surface area contributed by atoms with Gasteiger partial charge in [-0.05, 0) is 36.4 Å². The molecule has 0 bridgehead atoms. The van der Waals surface area contributed by atoms with Gasteiger partial charge in [-0.3, -0.25) is 31.3 Å². The van der Waals surface area contributed by atoms with Gasteiger partial charge < -0.3 is 12.2 Å². The maximum Gasteiger partial charge on any atom is 2.00 e. The molecule has 0 saturated carbocycles. The Morgan fingerprint density at radius 2 is 0.565 bits per heavy atom. The summed E-state index contributed by atoms with van der Waals surface area (Å²) >= 11 is 0. The summed E-state index contributed by atoms with van der Waals surface area (Å²) in [5.74, 6) is -1.96. The molecule has 8 nitrogen and oxygen atoms in total. The Labute approximate surface area is 414 Å². The van der Waals surface area contributed by atoms with Crippen LogP contribution in [-0.4, -0.2) is 18.7 Å². The second-order valence-corrected chi connectivity index (χ2v) is 22.4. The number of aromatic nitrogens is 4. The van der Waals surface area contributed by atoms with Gasteiger partial charge in [0.15, 0.2) is 23.1 Å². The van der Waals surface area contributed by atoms with Crippen LogP contribution in [0.4, 0.5) is 0 Å². The molecule has 2 aromatic heterocycles. The summed E-state index contributed by atoms with van der Waals surface area (Å²) in [6, 6.07) is 63.0. The van der Waals surface area contributed by atoms with Crippen LogP contribution in [0.5, 0.6) is 0 Å². The molecule has 0 N–H and O–H groups in total. The van der Waals surface area contributed by atoms with E-state index in [4.69, 9.17) is 0 Å². The van der Waals surface area contributed by atoms with Crippen LogP contribution in [0.15, 0.2) is 225 Å². The van der Waals surface area contributed by atoms with Crippen LogP contribution in [0.2, 0.25) is 0 Å². The summed E-state index contributed by atoms with van der Waals surface area (Å²) in [6.07, 6.45) is 15.0. The maximum absolute atomic E-state index is 15.0. The second kappa shape index (κ2) is 20.2. The first-order valence-corrected chi connectivity index (χ1v) is 26.5. The molecular formula is C58H48N4O4P2Rh+2. The van der Waals surface area contributed by atoms with E-state index in [9.17, 15) is 0 Å². The molecule has 4 heterocycles. The molecule has 69 heavy (non-hydrogen) atoms. The van der Waals surface area contributed by atoms with Crippen molar-refractivity contribution in [1.29, 1.82) is 0 Å². The number of hydrogen-bond acceptors (Lipinski definition) is 4. The van der Waals surface area contributed by atoms with Gasteiger partial charge >= 0.3 is 19.5 Å². The molecule has 341 valence electrons. The van der Waals surface area contributed by atoms with Crippen molar-refractivity contribution < 1.29 is 19.5 Å². The first-order chi connectivity index (χ1) is 33.5. The number of fused-ring (bicyclic) bond motifs is 4. The van der Waals surface area contributed by atoms with Crippen LogP contribution in [-0.2, 0) is 19.5 Å². The largest absolute Gasteiger partial charge is 2.00 e. The minimum absolute atomic E-state index is 0. The topological polar surface area (TPSA) is 88.0 Å². The molecule has 7 aromatic carbocycles. The zero-order valence-corrected chi connectivity index (χ0v) is 41.2. The summed E-state index contributed by atoms with van der Waals surface area (Å²) in [4.78, 5) is 60.1. The Bertz CT molecular complexity index is 3160. The molecule has 3 aliphatic rings. The molecule has 4 unspecified atom stereocenters. The van der Waals surface area contributed by atoms with E-state index in [0.717, 1.165) is 58.5 Å². The molecule has 0 spiro atoms. The van der Waals surface area contributed by atoms with E-state index in [1.807, 2.05) is 97.1 Å². The fourth-order valence-electron chi connectivity index (χ4n) is 10.5. The van der Waals surface area contributed by atoms with Crippen LogP contribution in [0.3, 0.4) is 0 Å². The summed E-state index contributed by atoms with van der Waals surface area (Å²) in [6.45, 7) is 0. The molecule has 12 rings (SSSR count). The molecular weight excluding hydrogens is 982 g/mol. The Balaban J connectivity index is 0.000000561. The van der Waals surface area contributed by atoms with E-state index in [-0.39, 0.29) is 41.7 Å². The smallest absolute Gasteiger partial charge is 0.500 e. The maximum atomic E-state index is 15.0. The van der Waals surface area contributed by atoms with Gasteiger partial charge in [-0.2, -0.15) is 31.6 Å². The van der Waals surface area contributed by atoms with Gasteiger partial charge in [0, 0.05) is 22.3 Å². The monoisotopic (exact) mass is 1030 g/mol. The van der Waals surface area contributed by atoms with E-state index in [1.54, 1.807) is 43.0 Å². The summed E-state index contributed by atoms with van der Waals surface area (Å²) < 4.78 is 6.98. The standard InChI is InChI=1S/C50H36N4O4P2.C8H10.Rh/c55-43-37-27-13-14-28-38(37)44(56)52-48(34-21-7-2-8-22-34)59(47(51(43)52)33-19-5-1-6-20-33)41-31-17-18-32-42(41)60-49(35-23-9-3-10-24-35)53-45(57)39-29-15-16-30-40(39)46(58)54(53)50(60)36-25-11-4-12-26-36;1-2-4-6-8-7-5-3-1;/h1-32,47-50H;1,8H,2,4-5,7H2;/q;-2;+2/p+2/t47-,48?,49-,50?,59?,60?;;/m0../s1. The Morgan fingerprint density at radius 3 is 0.826 bits per heavy atom. The van der Waals surface area contributed by atoms with Gasteiger partial charge in [0.2, 0.25) is 0 Å². The minimum atomic E-state index is -2.09. The van der Waals surface area contributed by atoms with Gasteiger partial charge in [0.1, 0.15) is 10.6 Å². The fraction of sp³-hybridized carbons (Fsp3) is 0.138. The average molecular weight is 1030 g/mol. The van der Waals surface area contributed by atoms with Crippen molar-refractivity contribution in [2.24, 2.45) is 0 Å². The average Bonchev–Trinajstić information content (AvgIpc) is 3.94. The SMILES string of the molecule is O=c1c2ccccc2c(=O)n2n1C(c1ccccc1)[PH+](c1ccccc1[PH+]1C(c3ccccc3)n3c(=O)c4ccccc4c(=O)n3[C@@H]1c1ccccc1)[C@H]2c1ccccc1.[C-]1=CCC[C-]=CCC1.[Rh+2]. The van der Waals surface area contributed by atoms with Crippen molar-refractivity contribution in [2.75, 3.05) is 0 Å². The van der Waals surface area contributed by atoms with E-state index in [0.29, 0.717) is 21.5 Å². The van der Waals surface area contributed by atoms with Gasteiger partial charge in [-0.15, -0.1) is 0 Å². The van der Waals surface area contributed by atoms with Crippen LogP contribution in [0.1, 0.15) is 71.1 Å². The molecule has 1 aliphatic carbocycles. The van der Waals surface area contributed by atoms with Gasteiger partial charge in [-0.1, -0.05) is 171 Å². The number of hydrogen-bond donors (Lipinski definition) is 0. The molecule has 0 fully saturated rings. The third-order valence-corrected chi connectivity index (χ3v) is 20.4. The minimum Gasteiger partial charge on any atom is -0.500 e. The first-order valence-electron chi connectivity index (χ1n) is 23.2. The Hall–Kier alpha value is -6.62. The predicted octanol–water partition coefficient (Wildman–Crippen LogP) is 10.2. The van der Waals surface area contributed by atoms with Crippen molar-refractivity contribution in [1.82, 2.24) is 18.7 Å². The van der Waals surface area contributed by atoms with E-state index >= 15 is 19.2 Å². The van der Waals surface area contributed by atoms with Crippen molar-refractivity contribution >= 4 is 48.0 Å². The van der Waals surface area contributed by atoms with E-state index < -0.39 is 39.0 Å². The zero-order chi connectivity index (χ0) is 46.1. The Kier molecular flexibility index (Phi) is 13.5. The normalized spacial score (nSPS) is 20.2. The van der Waals surface area contributed by atoms with Crippen LogP contribution in [0.25, 0.3) is 21.5 Å². The zero-order valence-electron chi connectivity index (χ0n) is 37.5. The van der Waals surface area contributed by atoms with Crippen molar-refractivity contribution in [3.05, 3.63) is 282 Å². The summed E-state index contributed by atoms with van der Waals surface area (Å²) in [5, 5.41) is 3.69. The Morgan fingerprint density at radius 1 is 0.333 bits per heavy atom. The number of nitrogens with zero attached hydrogens (tertiary/aromatic N) is 4. The third kappa shape index (κ3) is 8.21. The molecule has 9 aromatic rings. The molecule has 11 heteroatoms. The van der Waals surface area contributed by atoms with Crippen molar-refractivity contribution in [2.45, 2.75) is 48.8 Å². The number of rotatable bonds is 6. The van der Waals surface area contributed by atoms with E-state index in [2.05, 4.69) is 97.1 Å². The molecule has 6 atom stereocenters. The van der Waals surface area contributed by atoms with Gasteiger partial charge in [0.05, 0.1) is 37.4 Å². The van der Waals surface area contributed by atoms with Crippen molar-refractivity contribution in [3.63, 3.8) is 0 Å². The van der Waals surface area contributed by atoms with Crippen molar-refractivity contribution in [3.8, 4) is 0 Å². The van der Waals surface area contributed by atoms with Gasteiger partial charge in [-0.25, -0.2) is 0 Å². The number of allylic oxidation sites excluding steroid dienone is 4. The number of benzene rings is 7.